The van der Waals surface area contributed by atoms with Gasteiger partial charge in [0, 0.05) is 21.7 Å². The number of methoxy groups -OCH3 is 2. The number of thiophene rings is 1. The summed E-state index contributed by atoms with van der Waals surface area (Å²) in [7, 11) is 3.36. The minimum Gasteiger partial charge on any atom is -0.493 e. The van der Waals surface area contributed by atoms with Crippen molar-refractivity contribution in [3.05, 3.63) is 45.1 Å². The fourth-order valence-corrected chi connectivity index (χ4v) is 4.22. The Labute approximate surface area is 129 Å². The number of nitrogens with two attached hydrogens (primary N) is 1. The van der Waals surface area contributed by atoms with Crippen LogP contribution in [0.15, 0.2) is 24.3 Å². The fourth-order valence-electron chi connectivity index (χ4n) is 3.15. The van der Waals surface area contributed by atoms with Crippen LogP contribution in [0.3, 0.4) is 0 Å². The lowest BCUT2D eigenvalue weighted by Gasteiger charge is -2.31. The van der Waals surface area contributed by atoms with E-state index in [9.17, 15) is 0 Å². The first-order valence-corrected chi connectivity index (χ1v) is 8.02. The molecule has 1 aliphatic rings. The molecular formula is C17H21NO2S. The van der Waals surface area contributed by atoms with Gasteiger partial charge < -0.3 is 15.2 Å². The van der Waals surface area contributed by atoms with E-state index in [0.717, 1.165) is 24.3 Å². The molecular weight excluding hydrogens is 282 g/mol. The van der Waals surface area contributed by atoms with Crippen LogP contribution in [0, 0.1) is 6.92 Å². The summed E-state index contributed by atoms with van der Waals surface area (Å²) in [5.74, 6) is 1.84. The van der Waals surface area contributed by atoms with E-state index in [1.165, 1.54) is 20.9 Å². The first kappa shape index (κ1) is 14.4. The largest absolute Gasteiger partial charge is 0.493 e. The number of aryl methyl sites for hydroxylation is 2. The molecule has 0 bridgehead atoms. The van der Waals surface area contributed by atoms with Gasteiger partial charge in [-0.3, -0.25) is 0 Å². The van der Waals surface area contributed by atoms with Crippen LogP contribution in [-0.4, -0.2) is 20.3 Å². The Morgan fingerprint density at radius 3 is 2.48 bits per heavy atom. The van der Waals surface area contributed by atoms with E-state index in [0.29, 0.717) is 0 Å². The molecule has 0 fully saturated rings. The molecule has 0 spiro atoms. The Morgan fingerprint density at radius 2 is 1.86 bits per heavy atom. The monoisotopic (exact) mass is 303 g/mol. The predicted molar refractivity (Wildman–Crippen MR) is 86.7 cm³/mol. The van der Waals surface area contributed by atoms with Crippen molar-refractivity contribution in [3.63, 3.8) is 0 Å². The van der Waals surface area contributed by atoms with Gasteiger partial charge in [-0.15, -0.1) is 11.3 Å². The Balaban J connectivity index is 2.12. The van der Waals surface area contributed by atoms with Gasteiger partial charge in [-0.25, -0.2) is 0 Å². The van der Waals surface area contributed by atoms with Crippen molar-refractivity contribution in [2.45, 2.75) is 31.7 Å². The van der Waals surface area contributed by atoms with Crippen LogP contribution in [0.1, 0.15) is 33.2 Å². The maximum absolute atomic E-state index is 6.43. The highest BCUT2D eigenvalue weighted by atomic mass is 32.1. The molecule has 21 heavy (non-hydrogen) atoms. The first-order chi connectivity index (χ1) is 10.1. The molecule has 0 amide bonds. The summed E-state index contributed by atoms with van der Waals surface area (Å²) in [4.78, 5) is 2.66. The van der Waals surface area contributed by atoms with E-state index in [2.05, 4.69) is 31.2 Å². The molecule has 1 aromatic carbocycles. The molecule has 1 aliphatic carbocycles. The van der Waals surface area contributed by atoms with Gasteiger partial charge in [0.05, 0.1) is 14.2 Å². The van der Waals surface area contributed by atoms with Crippen molar-refractivity contribution in [3.8, 4) is 11.5 Å². The third-order valence-corrected chi connectivity index (χ3v) is 5.31. The summed E-state index contributed by atoms with van der Waals surface area (Å²) in [5.41, 5.74) is 9.04. The molecule has 1 heterocycles. The van der Waals surface area contributed by atoms with Crippen LogP contribution in [-0.2, 0) is 6.42 Å². The molecule has 0 radical (unpaired) electrons. The Morgan fingerprint density at radius 1 is 1.14 bits per heavy atom. The predicted octanol–water partition coefficient (Wildman–Crippen LogP) is 3.48. The van der Waals surface area contributed by atoms with E-state index >= 15 is 0 Å². The van der Waals surface area contributed by atoms with Crippen molar-refractivity contribution in [2.75, 3.05) is 14.2 Å². The van der Waals surface area contributed by atoms with Crippen LogP contribution in [0.5, 0.6) is 11.5 Å². The summed E-state index contributed by atoms with van der Waals surface area (Å²) < 4.78 is 10.9. The van der Waals surface area contributed by atoms with E-state index in [1.807, 2.05) is 11.3 Å². The highest BCUT2D eigenvalue weighted by Crippen LogP contribution is 2.43. The van der Waals surface area contributed by atoms with Crippen molar-refractivity contribution < 1.29 is 9.47 Å². The van der Waals surface area contributed by atoms with E-state index in [1.54, 1.807) is 14.2 Å². The van der Waals surface area contributed by atoms with Gasteiger partial charge in [0.15, 0.2) is 11.5 Å². The van der Waals surface area contributed by atoms with E-state index in [4.69, 9.17) is 15.2 Å². The third-order valence-electron chi connectivity index (χ3n) is 4.22. The van der Waals surface area contributed by atoms with Crippen molar-refractivity contribution in [1.82, 2.24) is 0 Å². The van der Waals surface area contributed by atoms with Crippen LogP contribution in [0.25, 0.3) is 0 Å². The Hall–Kier alpha value is -1.52. The van der Waals surface area contributed by atoms with E-state index < -0.39 is 0 Å². The molecule has 1 aromatic heterocycles. The summed E-state index contributed by atoms with van der Waals surface area (Å²) in [6, 6.07) is 8.74. The van der Waals surface area contributed by atoms with Gasteiger partial charge in [-0.05, 0) is 55.2 Å². The lowest BCUT2D eigenvalue weighted by molar-refractivity contribution is 0.352. The molecule has 4 heteroatoms. The topological polar surface area (TPSA) is 44.5 Å². The van der Waals surface area contributed by atoms with E-state index in [-0.39, 0.29) is 12.0 Å². The second kappa shape index (κ2) is 5.70. The van der Waals surface area contributed by atoms with Crippen molar-refractivity contribution in [1.29, 1.82) is 0 Å². The molecule has 112 valence electrons. The maximum Gasteiger partial charge on any atom is 0.161 e. The number of ether oxygens (including phenoxy) is 2. The SMILES string of the molecule is COc1cc2c(cc1OC)C(c1ccc(C)s1)C(N)CC2. The number of rotatable bonds is 3. The summed E-state index contributed by atoms with van der Waals surface area (Å²) in [6.07, 6.45) is 2.00. The molecule has 2 N–H and O–H groups in total. The van der Waals surface area contributed by atoms with Gasteiger partial charge in [0.1, 0.15) is 0 Å². The zero-order chi connectivity index (χ0) is 15.0. The van der Waals surface area contributed by atoms with Crippen LogP contribution in [0.4, 0.5) is 0 Å². The minimum absolute atomic E-state index is 0.161. The highest BCUT2D eigenvalue weighted by Gasteiger charge is 2.30. The molecule has 2 unspecified atom stereocenters. The fraction of sp³-hybridized carbons (Fsp3) is 0.412. The van der Waals surface area contributed by atoms with Crippen LogP contribution in [0.2, 0.25) is 0 Å². The average molecular weight is 303 g/mol. The van der Waals surface area contributed by atoms with Gasteiger partial charge in [0.25, 0.3) is 0 Å². The molecule has 2 aromatic rings. The van der Waals surface area contributed by atoms with Gasteiger partial charge in [0.2, 0.25) is 0 Å². The minimum atomic E-state index is 0.161. The van der Waals surface area contributed by atoms with Gasteiger partial charge in [-0.2, -0.15) is 0 Å². The van der Waals surface area contributed by atoms with Crippen molar-refractivity contribution >= 4 is 11.3 Å². The molecule has 3 nitrogen and oxygen atoms in total. The maximum atomic E-state index is 6.43. The average Bonchev–Trinajstić information content (AvgIpc) is 2.91. The summed E-state index contributed by atoms with van der Waals surface area (Å²) >= 11 is 1.83. The lowest BCUT2D eigenvalue weighted by atomic mass is 9.78. The molecule has 0 saturated carbocycles. The zero-order valence-corrected chi connectivity index (χ0v) is 13.5. The molecule has 3 rings (SSSR count). The lowest BCUT2D eigenvalue weighted by Crippen LogP contribution is -2.33. The molecule has 0 aliphatic heterocycles. The molecule has 2 atom stereocenters. The number of hydrogen-bond acceptors (Lipinski definition) is 4. The normalized spacial score (nSPS) is 21.0. The number of fused-ring (bicyclic) bond motifs is 1. The smallest absolute Gasteiger partial charge is 0.161 e. The second-order valence-corrected chi connectivity index (χ2v) is 6.85. The second-order valence-electron chi connectivity index (χ2n) is 5.53. The number of benzene rings is 1. The van der Waals surface area contributed by atoms with Crippen LogP contribution < -0.4 is 15.2 Å². The van der Waals surface area contributed by atoms with Crippen LogP contribution >= 0.6 is 11.3 Å². The Kier molecular flexibility index (Phi) is 3.91. The first-order valence-electron chi connectivity index (χ1n) is 7.20. The highest BCUT2D eigenvalue weighted by molar-refractivity contribution is 7.12. The zero-order valence-electron chi connectivity index (χ0n) is 12.7. The van der Waals surface area contributed by atoms with Gasteiger partial charge in [-0.1, -0.05) is 0 Å². The Bertz CT molecular complexity index is 650. The third kappa shape index (κ3) is 2.54. The summed E-state index contributed by atoms with van der Waals surface area (Å²) in [6.45, 7) is 2.14. The van der Waals surface area contributed by atoms with Crippen molar-refractivity contribution in [2.24, 2.45) is 5.73 Å². The molecule has 0 saturated heterocycles. The quantitative estimate of drug-likeness (QED) is 0.944. The standard InChI is InChI=1S/C17H21NO2S/c1-10-4-7-16(21-10)17-12-9-15(20-3)14(19-2)8-11(12)5-6-13(17)18/h4,7-9,13,17H,5-6,18H2,1-3H3. The number of hydrogen-bond donors (Lipinski definition) is 1. The van der Waals surface area contributed by atoms with Gasteiger partial charge >= 0.3 is 0 Å². The summed E-state index contributed by atoms with van der Waals surface area (Å²) in [5, 5.41) is 0.